The lowest BCUT2D eigenvalue weighted by Gasteiger charge is -2.12. The van der Waals surface area contributed by atoms with E-state index in [2.05, 4.69) is 5.32 Å². The fraction of sp³-hybridized carbons (Fsp3) is 0.455. The second kappa shape index (κ2) is 5.86. The molecule has 0 spiro atoms. The molecule has 0 amide bonds. The Labute approximate surface area is 92.4 Å². The molecule has 16 heavy (non-hydrogen) atoms. The monoisotopic (exact) mass is 233 g/mol. The molecule has 0 aliphatic carbocycles. The Morgan fingerprint density at radius 2 is 1.94 bits per heavy atom. The van der Waals surface area contributed by atoms with Crippen LogP contribution in [0.25, 0.3) is 0 Å². The van der Waals surface area contributed by atoms with E-state index in [1.807, 2.05) is 0 Å². The maximum absolute atomic E-state index is 12.6. The van der Waals surface area contributed by atoms with E-state index in [0.29, 0.717) is 13.2 Å². The van der Waals surface area contributed by atoms with Crippen molar-refractivity contribution in [1.29, 1.82) is 0 Å². The molecule has 0 atom stereocenters. The zero-order chi connectivity index (χ0) is 12.0. The molecule has 0 radical (unpaired) electrons. The van der Waals surface area contributed by atoms with Crippen molar-refractivity contribution in [2.45, 2.75) is 12.7 Å². The highest BCUT2D eigenvalue weighted by Gasteiger charge is 2.32. The quantitative estimate of drug-likeness (QED) is 0.789. The molecule has 1 aromatic rings. The summed E-state index contributed by atoms with van der Waals surface area (Å²) in [5, 5.41) is 2.89. The lowest BCUT2D eigenvalue weighted by atomic mass is 10.1. The van der Waals surface area contributed by atoms with E-state index in [1.54, 1.807) is 13.2 Å². The Bertz CT molecular complexity index is 325. The molecule has 1 rings (SSSR count). The zero-order valence-corrected chi connectivity index (χ0v) is 8.97. The number of hydrogen-bond acceptors (Lipinski definition) is 2. The van der Waals surface area contributed by atoms with Crippen LogP contribution in [0.4, 0.5) is 13.2 Å². The van der Waals surface area contributed by atoms with Gasteiger partial charge in [0.1, 0.15) is 0 Å². The maximum atomic E-state index is 12.6. The Hall–Kier alpha value is -1.07. The van der Waals surface area contributed by atoms with Gasteiger partial charge in [-0.05, 0) is 11.6 Å². The van der Waals surface area contributed by atoms with Crippen LogP contribution in [0.5, 0.6) is 0 Å². The van der Waals surface area contributed by atoms with Gasteiger partial charge >= 0.3 is 6.18 Å². The molecular formula is C11H14F3NO. The van der Waals surface area contributed by atoms with Crippen molar-refractivity contribution < 1.29 is 17.9 Å². The first-order chi connectivity index (χ1) is 7.55. The van der Waals surface area contributed by atoms with Gasteiger partial charge in [0.15, 0.2) is 0 Å². The Morgan fingerprint density at radius 1 is 1.25 bits per heavy atom. The van der Waals surface area contributed by atoms with Gasteiger partial charge in [-0.2, -0.15) is 13.2 Å². The van der Waals surface area contributed by atoms with Crippen LogP contribution < -0.4 is 5.32 Å². The van der Waals surface area contributed by atoms with Gasteiger partial charge in [0, 0.05) is 20.2 Å². The zero-order valence-electron chi connectivity index (χ0n) is 8.97. The van der Waals surface area contributed by atoms with Crippen LogP contribution in [-0.4, -0.2) is 20.3 Å². The minimum absolute atomic E-state index is 0.193. The third-order valence-electron chi connectivity index (χ3n) is 2.12. The van der Waals surface area contributed by atoms with Gasteiger partial charge in [-0.3, -0.25) is 0 Å². The summed E-state index contributed by atoms with van der Waals surface area (Å²) >= 11 is 0. The summed E-state index contributed by atoms with van der Waals surface area (Å²) in [6.45, 7) is 1.20. The van der Waals surface area contributed by atoms with Crippen molar-refractivity contribution in [3.05, 3.63) is 35.4 Å². The van der Waals surface area contributed by atoms with Gasteiger partial charge in [0.2, 0.25) is 0 Å². The van der Waals surface area contributed by atoms with Crippen LogP contribution in [0.15, 0.2) is 24.3 Å². The largest absolute Gasteiger partial charge is 0.416 e. The Balaban J connectivity index is 2.65. The number of benzene rings is 1. The van der Waals surface area contributed by atoms with E-state index in [0.717, 1.165) is 6.07 Å². The summed E-state index contributed by atoms with van der Waals surface area (Å²) in [5.74, 6) is 0. The average Bonchev–Trinajstić information content (AvgIpc) is 2.24. The molecule has 0 fully saturated rings. The van der Waals surface area contributed by atoms with Crippen LogP contribution >= 0.6 is 0 Å². The molecule has 1 aromatic carbocycles. The molecule has 90 valence electrons. The number of nitrogens with one attached hydrogen (secondary N) is 1. The summed E-state index contributed by atoms with van der Waals surface area (Å²) < 4.78 is 42.5. The minimum atomic E-state index is -4.29. The molecule has 0 bridgehead atoms. The summed E-state index contributed by atoms with van der Waals surface area (Å²) in [4.78, 5) is 0. The predicted molar refractivity (Wildman–Crippen MR) is 55.0 cm³/mol. The summed E-state index contributed by atoms with van der Waals surface area (Å²) in [6, 6.07) is 5.56. The van der Waals surface area contributed by atoms with Gasteiger partial charge in [0.25, 0.3) is 0 Å². The lowest BCUT2D eigenvalue weighted by molar-refractivity contribution is -0.138. The number of hydrogen-bond donors (Lipinski definition) is 1. The topological polar surface area (TPSA) is 21.3 Å². The first kappa shape index (κ1) is 13.0. The first-order valence-corrected chi connectivity index (χ1v) is 4.90. The normalized spacial score (nSPS) is 11.8. The van der Waals surface area contributed by atoms with Crippen LogP contribution in [0, 0.1) is 0 Å². The third-order valence-corrected chi connectivity index (χ3v) is 2.12. The van der Waals surface area contributed by atoms with Crippen molar-refractivity contribution in [3.63, 3.8) is 0 Å². The van der Waals surface area contributed by atoms with Gasteiger partial charge in [-0.1, -0.05) is 18.2 Å². The summed E-state index contributed by atoms with van der Waals surface area (Å²) in [6.07, 6.45) is -4.29. The van der Waals surface area contributed by atoms with E-state index in [1.165, 1.54) is 12.1 Å². The number of rotatable bonds is 5. The summed E-state index contributed by atoms with van der Waals surface area (Å²) in [7, 11) is 1.55. The highest BCUT2D eigenvalue weighted by molar-refractivity contribution is 5.29. The van der Waals surface area contributed by atoms with Crippen LogP contribution in [0.1, 0.15) is 11.1 Å². The molecule has 0 aliphatic heterocycles. The molecule has 0 saturated carbocycles. The highest BCUT2D eigenvalue weighted by atomic mass is 19.4. The fourth-order valence-corrected chi connectivity index (χ4v) is 1.35. The van der Waals surface area contributed by atoms with Crippen molar-refractivity contribution in [2.75, 3.05) is 20.3 Å². The average molecular weight is 233 g/mol. The maximum Gasteiger partial charge on any atom is 0.416 e. The van der Waals surface area contributed by atoms with Gasteiger partial charge in [-0.25, -0.2) is 0 Å². The van der Waals surface area contributed by atoms with Crippen LogP contribution in [-0.2, 0) is 17.5 Å². The Kier molecular flexibility index (Phi) is 4.76. The number of halogens is 3. The van der Waals surface area contributed by atoms with Crippen LogP contribution in [0.2, 0.25) is 0 Å². The van der Waals surface area contributed by atoms with E-state index < -0.39 is 11.7 Å². The highest BCUT2D eigenvalue weighted by Crippen LogP contribution is 2.31. The van der Waals surface area contributed by atoms with E-state index in [-0.39, 0.29) is 12.1 Å². The van der Waals surface area contributed by atoms with Gasteiger partial charge in [0.05, 0.1) is 12.2 Å². The van der Waals surface area contributed by atoms with E-state index >= 15 is 0 Å². The molecule has 5 heteroatoms. The molecule has 0 aromatic heterocycles. The Morgan fingerprint density at radius 3 is 2.56 bits per heavy atom. The van der Waals surface area contributed by atoms with Crippen molar-refractivity contribution >= 4 is 0 Å². The van der Waals surface area contributed by atoms with Crippen molar-refractivity contribution in [2.24, 2.45) is 0 Å². The van der Waals surface area contributed by atoms with Crippen molar-refractivity contribution in [3.8, 4) is 0 Å². The van der Waals surface area contributed by atoms with Crippen molar-refractivity contribution in [1.82, 2.24) is 5.32 Å². The first-order valence-electron chi connectivity index (χ1n) is 4.90. The standard InChI is InChI=1S/C11H14F3NO/c1-16-7-6-15-8-9-4-2-3-5-10(9)11(12,13)14/h2-5,15H,6-8H2,1H3. The smallest absolute Gasteiger partial charge is 0.383 e. The minimum Gasteiger partial charge on any atom is -0.383 e. The summed E-state index contributed by atoms with van der Waals surface area (Å²) in [5.41, 5.74) is -0.328. The van der Waals surface area contributed by atoms with Gasteiger partial charge < -0.3 is 10.1 Å². The molecule has 0 aliphatic rings. The molecule has 0 heterocycles. The fourth-order valence-electron chi connectivity index (χ4n) is 1.35. The lowest BCUT2D eigenvalue weighted by Crippen LogP contribution is -2.21. The molecular weight excluding hydrogens is 219 g/mol. The van der Waals surface area contributed by atoms with Gasteiger partial charge in [-0.15, -0.1) is 0 Å². The number of alkyl halides is 3. The van der Waals surface area contributed by atoms with E-state index in [4.69, 9.17) is 4.74 Å². The molecule has 1 N–H and O–H groups in total. The molecule has 0 unspecified atom stereocenters. The molecule has 2 nitrogen and oxygen atoms in total. The SMILES string of the molecule is COCCNCc1ccccc1C(F)(F)F. The second-order valence-electron chi connectivity index (χ2n) is 3.32. The molecule has 0 saturated heterocycles. The van der Waals surface area contributed by atoms with E-state index in [9.17, 15) is 13.2 Å². The predicted octanol–water partition coefficient (Wildman–Crippen LogP) is 2.44. The van der Waals surface area contributed by atoms with Crippen LogP contribution in [0.3, 0.4) is 0 Å². The number of ether oxygens (including phenoxy) is 1. The number of methoxy groups -OCH3 is 1. The third kappa shape index (κ3) is 3.83. The second-order valence-corrected chi connectivity index (χ2v) is 3.32.